The van der Waals surface area contributed by atoms with Crippen molar-refractivity contribution >= 4 is 31.9 Å². The molecular formula is C12H12Br2N2O. The second kappa shape index (κ2) is 5.23. The minimum Gasteiger partial charge on any atom is -0.294 e. The minimum absolute atomic E-state index is 0.0552. The van der Waals surface area contributed by atoms with E-state index in [0.29, 0.717) is 4.47 Å². The lowest BCUT2D eigenvalue weighted by atomic mass is 10.3. The first-order valence-electron chi connectivity index (χ1n) is 5.39. The Labute approximate surface area is 116 Å². The number of para-hydroxylation sites is 1. The summed E-state index contributed by atoms with van der Waals surface area (Å²) in [4.78, 5) is 12.1. The van der Waals surface area contributed by atoms with Gasteiger partial charge in [-0.3, -0.25) is 9.89 Å². The van der Waals surface area contributed by atoms with Crippen molar-refractivity contribution in [2.24, 2.45) is 0 Å². The van der Waals surface area contributed by atoms with Gasteiger partial charge < -0.3 is 0 Å². The molecular weight excluding hydrogens is 348 g/mol. The van der Waals surface area contributed by atoms with Crippen LogP contribution in [-0.2, 0) is 6.42 Å². The van der Waals surface area contributed by atoms with Crippen molar-refractivity contribution in [3.63, 3.8) is 0 Å². The number of aryl methyl sites for hydroxylation is 1. The predicted molar refractivity (Wildman–Crippen MR) is 75.8 cm³/mol. The molecule has 0 fully saturated rings. The molecule has 1 aromatic heterocycles. The molecule has 1 aromatic carbocycles. The highest BCUT2D eigenvalue weighted by Crippen LogP contribution is 2.20. The van der Waals surface area contributed by atoms with Gasteiger partial charge in [0, 0.05) is 4.47 Å². The highest BCUT2D eigenvalue weighted by Gasteiger charge is 2.13. The van der Waals surface area contributed by atoms with Crippen LogP contribution in [0.2, 0.25) is 0 Å². The third kappa shape index (κ3) is 2.40. The van der Waals surface area contributed by atoms with Gasteiger partial charge >= 0.3 is 0 Å². The summed E-state index contributed by atoms with van der Waals surface area (Å²) in [5.41, 5.74) is 1.70. The normalized spacial score (nSPS) is 10.8. The van der Waals surface area contributed by atoms with Gasteiger partial charge in [-0.1, -0.05) is 25.5 Å². The Balaban J connectivity index is 2.58. The fourth-order valence-electron chi connectivity index (χ4n) is 1.68. The largest absolute Gasteiger partial charge is 0.294 e. The van der Waals surface area contributed by atoms with E-state index < -0.39 is 0 Å². The Kier molecular flexibility index (Phi) is 3.89. The number of halogens is 2. The second-order valence-corrected chi connectivity index (χ2v) is 5.39. The number of aromatic amines is 1. The highest BCUT2D eigenvalue weighted by atomic mass is 79.9. The van der Waals surface area contributed by atoms with Crippen LogP contribution in [0.1, 0.15) is 19.0 Å². The molecule has 5 heteroatoms. The average molecular weight is 360 g/mol. The van der Waals surface area contributed by atoms with Gasteiger partial charge in [0.05, 0.1) is 11.4 Å². The zero-order valence-electron chi connectivity index (χ0n) is 9.34. The topological polar surface area (TPSA) is 37.8 Å². The fraction of sp³-hybridized carbons (Fsp3) is 0.250. The molecule has 0 saturated carbocycles. The zero-order chi connectivity index (χ0) is 12.4. The van der Waals surface area contributed by atoms with Crippen molar-refractivity contribution in [1.82, 2.24) is 9.78 Å². The number of nitrogens with zero attached hydrogens (tertiary/aromatic N) is 1. The lowest BCUT2D eigenvalue weighted by Gasteiger charge is -2.03. The van der Waals surface area contributed by atoms with Crippen molar-refractivity contribution in [1.29, 1.82) is 0 Å². The van der Waals surface area contributed by atoms with Crippen molar-refractivity contribution < 1.29 is 0 Å². The van der Waals surface area contributed by atoms with Crippen LogP contribution < -0.4 is 5.56 Å². The van der Waals surface area contributed by atoms with Crippen LogP contribution in [0.15, 0.2) is 38.0 Å². The maximum Gasteiger partial charge on any atom is 0.285 e. The van der Waals surface area contributed by atoms with Crippen molar-refractivity contribution in [3.8, 4) is 5.69 Å². The minimum atomic E-state index is -0.0552. The molecule has 17 heavy (non-hydrogen) atoms. The summed E-state index contributed by atoms with van der Waals surface area (Å²) in [7, 11) is 0. The summed E-state index contributed by atoms with van der Waals surface area (Å²) in [6.07, 6.45) is 1.85. The van der Waals surface area contributed by atoms with Gasteiger partial charge in [0.1, 0.15) is 4.47 Å². The SMILES string of the molecule is CCCc1[nH]n(-c2ccccc2Br)c(=O)c1Br. The van der Waals surface area contributed by atoms with Crippen LogP contribution in [0.3, 0.4) is 0 Å². The molecule has 0 atom stereocenters. The summed E-state index contributed by atoms with van der Waals surface area (Å²) in [6, 6.07) is 7.63. The fourth-order valence-corrected chi connectivity index (χ4v) is 2.61. The second-order valence-electron chi connectivity index (χ2n) is 3.75. The van der Waals surface area contributed by atoms with Gasteiger partial charge in [0.2, 0.25) is 0 Å². The van der Waals surface area contributed by atoms with Gasteiger partial charge in [0.15, 0.2) is 0 Å². The van der Waals surface area contributed by atoms with E-state index in [1.54, 1.807) is 4.68 Å². The molecule has 1 heterocycles. The van der Waals surface area contributed by atoms with Crippen LogP contribution in [-0.4, -0.2) is 9.78 Å². The number of aromatic nitrogens is 2. The van der Waals surface area contributed by atoms with Gasteiger partial charge in [-0.15, -0.1) is 0 Å². The zero-order valence-corrected chi connectivity index (χ0v) is 12.5. The Morgan fingerprint density at radius 2 is 2.00 bits per heavy atom. The molecule has 1 N–H and O–H groups in total. The Morgan fingerprint density at radius 1 is 1.29 bits per heavy atom. The maximum atomic E-state index is 12.1. The molecule has 0 unspecified atom stereocenters. The number of H-pyrrole nitrogens is 1. The van der Waals surface area contributed by atoms with Crippen LogP contribution >= 0.6 is 31.9 Å². The smallest absolute Gasteiger partial charge is 0.285 e. The maximum absolute atomic E-state index is 12.1. The summed E-state index contributed by atoms with van der Waals surface area (Å²) in [5, 5.41) is 3.14. The molecule has 3 nitrogen and oxygen atoms in total. The van der Waals surface area contributed by atoms with E-state index in [2.05, 4.69) is 43.9 Å². The van der Waals surface area contributed by atoms with Crippen LogP contribution in [0.25, 0.3) is 5.69 Å². The van der Waals surface area contributed by atoms with Crippen LogP contribution in [0.5, 0.6) is 0 Å². The van der Waals surface area contributed by atoms with Crippen LogP contribution in [0.4, 0.5) is 0 Å². The number of nitrogens with one attached hydrogen (secondary N) is 1. The van der Waals surface area contributed by atoms with Gasteiger partial charge in [0.25, 0.3) is 5.56 Å². The molecule has 2 aromatic rings. The summed E-state index contributed by atoms with van der Waals surface area (Å²) < 4.78 is 3.06. The van der Waals surface area contributed by atoms with E-state index >= 15 is 0 Å². The number of benzene rings is 1. The van der Waals surface area contributed by atoms with Crippen molar-refractivity contribution in [2.75, 3.05) is 0 Å². The molecule has 0 aliphatic carbocycles. The lowest BCUT2D eigenvalue weighted by molar-refractivity contribution is 0.791. The molecule has 0 amide bonds. The van der Waals surface area contributed by atoms with E-state index in [-0.39, 0.29) is 5.56 Å². The standard InChI is InChI=1S/C12H12Br2N2O/c1-2-5-9-11(14)12(17)16(15-9)10-7-4-3-6-8(10)13/h3-4,6-7,15H,2,5H2,1H3. The van der Waals surface area contributed by atoms with E-state index in [4.69, 9.17) is 0 Å². The van der Waals surface area contributed by atoms with Gasteiger partial charge in [-0.25, -0.2) is 4.68 Å². The van der Waals surface area contributed by atoms with Gasteiger partial charge in [-0.2, -0.15) is 0 Å². The third-order valence-electron chi connectivity index (χ3n) is 2.50. The number of rotatable bonds is 3. The van der Waals surface area contributed by atoms with Gasteiger partial charge in [-0.05, 0) is 50.4 Å². The highest BCUT2D eigenvalue weighted by molar-refractivity contribution is 9.10. The van der Waals surface area contributed by atoms with E-state index in [1.807, 2.05) is 24.3 Å². The quantitative estimate of drug-likeness (QED) is 0.892. The first-order chi connectivity index (χ1) is 8.15. The third-order valence-corrected chi connectivity index (χ3v) is 3.98. The Bertz CT molecular complexity index is 586. The number of hydrogen-bond acceptors (Lipinski definition) is 1. The molecule has 0 saturated heterocycles. The summed E-state index contributed by atoms with van der Waals surface area (Å²) >= 11 is 6.79. The molecule has 0 aliphatic heterocycles. The molecule has 0 aliphatic rings. The molecule has 90 valence electrons. The number of hydrogen-bond donors (Lipinski definition) is 1. The van der Waals surface area contributed by atoms with E-state index in [0.717, 1.165) is 28.7 Å². The first kappa shape index (κ1) is 12.6. The van der Waals surface area contributed by atoms with Crippen LogP contribution in [0, 0.1) is 0 Å². The molecule has 2 rings (SSSR count). The summed E-state index contributed by atoms with van der Waals surface area (Å²) in [6.45, 7) is 2.08. The lowest BCUT2D eigenvalue weighted by Crippen LogP contribution is -2.15. The van der Waals surface area contributed by atoms with Crippen molar-refractivity contribution in [2.45, 2.75) is 19.8 Å². The predicted octanol–water partition coefficient (Wildman–Crippen LogP) is 3.64. The van der Waals surface area contributed by atoms with Crippen molar-refractivity contribution in [3.05, 3.63) is 49.3 Å². The first-order valence-corrected chi connectivity index (χ1v) is 6.98. The molecule has 0 spiro atoms. The molecule has 0 bridgehead atoms. The van der Waals surface area contributed by atoms with E-state index in [9.17, 15) is 4.79 Å². The Morgan fingerprint density at radius 3 is 2.65 bits per heavy atom. The van der Waals surface area contributed by atoms with E-state index in [1.165, 1.54) is 0 Å². The average Bonchev–Trinajstić information content (AvgIpc) is 2.59. The Hall–Kier alpha value is -0.810. The summed E-state index contributed by atoms with van der Waals surface area (Å²) in [5.74, 6) is 0. The monoisotopic (exact) mass is 358 g/mol. The molecule has 0 radical (unpaired) electrons.